The van der Waals surface area contributed by atoms with Gasteiger partial charge in [0.25, 0.3) is 0 Å². The summed E-state index contributed by atoms with van der Waals surface area (Å²) in [5, 5.41) is 3.62. The molecule has 1 rings (SSSR count). The van der Waals surface area contributed by atoms with Crippen LogP contribution in [0.5, 0.6) is 0 Å². The van der Waals surface area contributed by atoms with E-state index in [0.29, 0.717) is 4.75 Å². The highest BCUT2D eigenvalue weighted by molar-refractivity contribution is 8.00. The molecule has 3 heteroatoms. The first kappa shape index (κ1) is 15.3. The van der Waals surface area contributed by atoms with Crippen LogP contribution in [0.15, 0.2) is 0 Å². The average Bonchev–Trinajstić information content (AvgIpc) is 2.28. The fraction of sp³-hybridized carbons (Fsp3) is 1.00. The van der Waals surface area contributed by atoms with E-state index in [4.69, 9.17) is 0 Å². The topological polar surface area (TPSA) is 15.3 Å². The van der Waals surface area contributed by atoms with E-state index in [1.807, 2.05) is 0 Å². The highest BCUT2D eigenvalue weighted by atomic mass is 32.2. The van der Waals surface area contributed by atoms with Crippen LogP contribution in [-0.2, 0) is 0 Å². The minimum absolute atomic E-state index is 0.411. The molecule has 0 aliphatic carbocycles. The summed E-state index contributed by atoms with van der Waals surface area (Å²) in [4.78, 5) is 2.56. The van der Waals surface area contributed by atoms with Crippen LogP contribution in [0.2, 0.25) is 0 Å². The molecule has 17 heavy (non-hydrogen) atoms. The first-order valence-corrected chi connectivity index (χ1v) is 8.07. The first-order valence-electron chi connectivity index (χ1n) is 7.08. The zero-order valence-electron chi connectivity index (χ0n) is 12.1. The quantitative estimate of drug-likeness (QED) is 0.738. The molecule has 2 nitrogen and oxygen atoms in total. The van der Waals surface area contributed by atoms with E-state index < -0.39 is 0 Å². The van der Waals surface area contributed by atoms with Crippen molar-refractivity contribution in [3.63, 3.8) is 0 Å². The minimum Gasteiger partial charge on any atom is -0.316 e. The second kappa shape index (κ2) is 7.65. The molecule has 1 N–H and O–H groups in total. The Bertz CT molecular complexity index is 193. The Morgan fingerprint density at radius 1 is 1.24 bits per heavy atom. The Balaban J connectivity index is 1.97. The third-order valence-corrected chi connectivity index (χ3v) is 4.68. The van der Waals surface area contributed by atoms with Crippen LogP contribution in [0.4, 0.5) is 0 Å². The van der Waals surface area contributed by atoms with Crippen LogP contribution >= 0.6 is 11.8 Å². The molecule has 102 valence electrons. The molecule has 0 spiro atoms. The van der Waals surface area contributed by atoms with Crippen LogP contribution in [0.1, 0.15) is 40.5 Å². The second-order valence-corrected chi connectivity index (χ2v) is 7.96. The summed E-state index contributed by atoms with van der Waals surface area (Å²) in [5.41, 5.74) is 0. The van der Waals surface area contributed by atoms with Gasteiger partial charge in [0.05, 0.1) is 0 Å². The largest absolute Gasteiger partial charge is 0.316 e. The molecule has 0 aromatic heterocycles. The predicted molar refractivity (Wildman–Crippen MR) is 79.9 cm³/mol. The number of likely N-dealkylation sites (tertiary alicyclic amines) is 1. The molecule has 0 aromatic carbocycles. The van der Waals surface area contributed by atoms with Gasteiger partial charge in [-0.2, -0.15) is 11.8 Å². The summed E-state index contributed by atoms with van der Waals surface area (Å²) >= 11 is 2.05. The van der Waals surface area contributed by atoms with Crippen molar-refractivity contribution in [2.24, 2.45) is 5.92 Å². The van der Waals surface area contributed by atoms with E-state index in [1.54, 1.807) is 0 Å². The fourth-order valence-corrected chi connectivity index (χ4v) is 3.10. The van der Waals surface area contributed by atoms with Gasteiger partial charge in [-0.05, 0) is 44.9 Å². The van der Waals surface area contributed by atoms with Crippen molar-refractivity contribution >= 4 is 11.8 Å². The molecule has 0 saturated carbocycles. The number of hydrogen-bond acceptors (Lipinski definition) is 3. The van der Waals surface area contributed by atoms with E-state index in [2.05, 4.69) is 49.7 Å². The summed E-state index contributed by atoms with van der Waals surface area (Å²) < 4.78 is 0.411. The molecule has 0 aromatic rings. The van der Waals surface area contributed by atoms with Crippen LogP contribution in [-0.4, -0.2) is 48.1 Å². The van der Waals surface area contributed by atoms with Gasteiger partial charge < -0.3 is 10.2 Å². The van der Waals surface area contributed by atoms with Crippen molar-refractivity contribution < 1.29 is 0 Å². The maximum Gasteiger partial charge on any atom is 0.00755 e. The maximum atomic E-state index is 3.62. The number of nitrogens with zero attached hydrogens (tertiary/aromatic N) is 1. The third-order valence-electron chi connectivity index (χ3n) is 3.40. The SMILES string of the molecule is CCN1CCC(CNCCSC(C)(C)C)CC1. The Kier molecular flexibility index (Phi) is 6.90. The van der Waals surface area contributed by atoms with Crippen LogP contribution in [0.25, 0.3) is 0 Å². The normalized spacial score (nSPS) is 19.8. The van der Waals surface area contributed by atoms with Crippen molar-refractivity contribution in [2.45, 2.75) is 45.3 Å². The smallest absolute Gasteiger partial charge is 0.00755 e. The Morgan fingerprint density at radius 3 is 2.41 bits per heavy atom. The van der Waals surface area contributed by atoms with Gasteiger partial charge in [0.2, 0.25) is 0 Å². The summed E-state index contributed by atoms with van der Waals surface area (Å²) in [5.74, 6) is 2.15. The lowest BCUT2D eigenvalue weighted by atomic mass is 9.97. The molecule has 0 amide bonds. The van der Waals surface area contributed by atoms with Crippen molar-refractivity contribution in [3.8, 4) is 0 Å². The standard InChI is InChI=1S/C14H30N2S/c1-5-16-9-6-13(7-10-16)12-15-8-11-17-14(2,3)4/h13,15H,5-12H2,1-4H3. The number of hydrogen-bond donors (Lipinski definition) is 1. The Morgan fingerprint density at radius 2 is 1.88 bits per heavy atom. The highest BCUT2D eigenvalue weighted by Gasteiger charge is 2.17. The van der Waals surface area contributed by atoms with Gasteiger partial charge in [-0.1, -0.05) is 27.7 Å². The minimum atomic E-state index is 0.411. The zero-order valence-corrected chi connectivity index (χ0v) is 12.9. The summed E-state index contributed by atoms with van der Waals surface area (Å²) in [6, 6.07) is 0. The molecule has 1 saturated heterocycles. The van der Waals surface area contributed by atoms with E-state index >= 15 is 0 Å². The fourth-order valence-electron chi connectivity index (χ4n) is 2.24. The Labute approximate surface area is 112 Å². The molecule has 1 heterocycles. The number of rotatable bonds is 6. The van der Waals surface area contributed by atoms with Gasteiger partial charge in [-0.3, -0.25) is 0 Å². The first-order chi connectivity index (χ1) is 8.01. The molecule has 0 atom stereocenters. The zero-order chi connectivity index (χ0) is 12.7. The van der Waals surface area contributed by atoms with Crippen molar-refractivity contribution in [1.82, 2.24) is 10.2 Å². The number of thioether (sulfide) groups is 1. The van der Waals surface area contributed by atoms with Crippen LogP contribution in [0, 0.1) is 5.92 Å². The number of nitrogens with one attached hydrogen (secondary N) is 1. The molecule has 1 fully saturated rings. The van der Waals surface area contributed by atoms with Crippen molar-refractivity contribution in [1.29, 1.82) is 0 Å². The van der Waals surface area contributed by atoms with Gasteiger partial charge in [0, 0.05) is 17.0 Å². The maximum absolute atomic E-state index is 3.62. The predicted octanol–water partition coefficient (Wildman–Crippen LogP) is 2.84. The lowest BCUT2D eigenvalue weighted by molar-refractivity contribution is 0.190. The lowest BCUT2D eigenvalue weighted by Gasteiger charge is -2.31. The van der Waals surface area contributed by atoms with E-state index in [-0.39, 0.29) is 0 Å². The van der Waals surface area contributed by atoms with Gasteiger partial charge in [-0.15, -0.1) is 0 Å². The highest BCUT2D eigenvalue weighted by Crippen LogP contribution is 2.22. The average molecular weight is 258 g/mol. The summed E-state index contributed by atoms with van der Waals surface area (Å²) in [6.07, 6.45) is 2.76. The van der Waals surface area contributed by atoms with Gasteiger partial charge in [0.1, 0.15) is 0 Å². The third kappa shape index (κ3) is 7.32. The Hall–Kier alpha value is 0.270. The molecule has 0 bridgehead atoms. The van der Waals surface area contributed by atoms with Crippen LogP contribution in [0.3, 0.4) is 0 Å². The van der Waals surface area contributed by atoms with Crippen molar-refractivity contribution in [2.75, 3.05) is 38.5 Å². The molecule has 1 aliphatic rings. The summed E-state index contributed by atoms with van der Waals surface area (Å²) in [7, 11) is 0. The van der Waals surface area contributed by atoms with E-state index in [1.165, 1.54) is 44.8 Å². The van der Waals surface area contributed by atoms with E-state index in [0.717, 1.165) is 12.5 Å². The molecular formula is C14H30N2S. The molecule has 0 radical (unpaired) electrons. The summed E-state index contributed by atoms with van der Waals surface area (Å²) in [6.45, 7) is 15.4. The number of piperidine rings is 1. The van der Waals surface area contributed by atoms with Gasteiger partial charge in [0.15, 0.2) is 0 Å². The molecule has 1 aliphatic heterocycles. The lowest BCUT2D eigenvalue weighted by Crippen LogP contribution is -2.37. The molecule has 0 unspecified atom stereocenters. The van der Waals surface area contributed by atoms with E-state index in [9.17, 15) is 0 Å². The van der Waals surface area contributed by atoms with Crippen molar-refractivity contribution in [3.05, 3.63) is 0 Å². The second-order valence-electron chi connectivity index (χ2n) is 6.04. The van der Waals surface area contributed by atoms with Gasteiger partial charge >= 0.3 is 0 Å². The van der Waals surface area contributed by atoms with Gasteiger partial charge in [-0.25, -0.2) is 0 Å². The monoisotopic (exact) mass is 258 g/mol. The molecular weight excluding hydrogens is 228 g/mol. The van der Waals surface area contributed by atoms with Crippen LogP contribution < -0.4 is 5.32 Å².